The highest BCUT2D eigenvalue weighted by Crippen LogP contribution is 2.17. The van der Waals surface area contributed by atoms with Gasteiger partial charge in [0.25, 0.3) is 0 Å². The summed E-state index contributed by atoms with van der Waals surface area (Å²) >= 11 is 0. The smallest absolute Gasteiger partial charge is 0.123 e. The second kappa shape index (κ2) is 5.53. The van der Waals surface area contributed by atoms with Crippen LogP contribution < -0.4 is 0 Å². The largest absolute Gasteiger partial charge is 0.241 e. The first kappa shape index (κ1) is 11.7. The van der Waals surface area contributed by atoms with Gasteiger partial charge in [0.05, 0.1) is 5.69 Å². The fourth-order valence-corrected chi connectivity index (χ4v) is 1.67. The number of aromatic nitrogens is 2. The van der Waals surface area contributed by atoms with Crippen LogP contribution in [-0.4, -0.2) is 9.97 Å². The van der Waals surface area contributed by atoms with Crippen molar-refractivity contribution in [2.45, 2.75) is 26.2 Å². The summed E-state index contributed by atoms with van der Waals surface area (Å²) in [7, 11) is 0. The molecule has 1 heterocycles. The zero-order valence-corrected chi connectivity index (χ0v) is 9.86. The van der Waals surface area contributed by atoms with E-state index >= 15 is 0 Å². The zero-order chi connectivity index (χ0) is 12.1. The van der Waals surface area contributed by atoms with Crippen LogP contribution in [0, 0.1) is 5.82 Å². The number of hydrogen-bond donors (Lipinski definition) is 0. The first-order chi connectivity index (χ1) is 8.29. The highest BCUT2D eigenvalue weighted by molar-refractivity contribution is 5.58. The summed E-state index contributed by atoms with van der Waals surface area (Å²) in [6.07, 6.45) is 4.81. The molecule has 0 aliphatic heterocycles. The van der Waals surface area contributed by atoms with E-state index in [4.69, 9.17) is 0 Å². The van der Waals surface area contributed by atoms with E-state index in [1.807, 2.05) is 6.07 Å². The lowest BCUT2D eigenvalue weighted by atomic mass is 10.1. The SMILES string of the molecule is CCCCc1cc(-c2ccc(F)cc2)ncn1. The molecule has 2 nitrogen and oxygen atoms in total. The third kappa shape index (κ3) is 3.09. The van der Waals surface area contributed by atoms with Crippen LogP contribution in [0.5, 0.6) is 0 Å². The highest BCUT2D eigenvalue weighted by Gasteiger charge is 2.02. The number of halogens is 1. The van der Waals surface area contributed by atoms with E-state index in [1.54, 1.807) is 18.5 Å². The van der Waals surface area contributed by atoms with Crippen molar-refractivity contribution in [3.63, 3.8) is 0 Å². The molecule has 1 aromatic heterocycles. The van der Waals surface area contributed by atoms with Gasteiger partial charge in [-0.25, -0.2) is 14.4 Å². The van der Waals surface area contributed by atoms with Crippen LogP contribution in [0.3, 0.4) is 0 Å². The minimum absolute atomic E-state index is 0.228. The maximum absolute atomic E-state index is 12.8. The predicted molar refractivity (Wildman–Crippen MR) is 66.0 cm³/mol. The molecule has 0 aliphatic rings. The summed E-state index contributed by atoms with van der Waals surface area (Å²) < 4.78 is 12.8. The van der Waals surface area contributed by atoms with Gasteiger partial charge in [0, 0.05) is 11.3 Å². The van der Waals surface area contributed by atoms with E-state index in [0.717, 1.165) is 36.2 Å². The van der Waals surface area contributed by atoms with Crippen molar-refractivity contribution in [3.8, 4) is 11.3 Å². The monoisotopic (exact) mass is 230 g/mol. The average Bonchev–Trinajstić information content (AvgIpc) is 2.37. The van der Waals surface area contributed by atoms with Gasteiger partial charge in [-0.1, -0.05) is 13.3 Å². The topological polar surface area (TPSA) is 25.8 Å². The van der Waals surface area contributed by atoms with Crippen LogP contribution in [0.1, 0.15) is 25.5 Å². The van der Waals surface area contributed by atoms with E-state index in [2.05, 4.69) is 16.9 Å². The standard InChI is InChI=1S/C14H15FN2/c1-2-3-4-13-9-14(17-10-16-13)11-5-7-12(15)8-6-11/h5-10H,2-4H2,1H3. The van der Waals surface area contributed by atoms with Crippen molar-refractivity contribution in [2.24, 2.45) is 0 Å². The average molecular weight is 230 g/mol. The number of hydrogen-bond acceptors (Lipinski definition) is 2. The van der Waals surface area contributed by atoms with Crippen LogP contribution in [0.4, 0.5) is 4.39 Å². The van der Waals surface area contributed by atoms with Gasteiger partial charge in [-0.05, 0) is 43.2 Å². The molecule has 0 atom stereocenters. The molecule has 0 amide bonds. The van der Waals surface area contributed by atoms with E-state index in [-0.39, 0.29) is 5.82 Å². The third-order valence-corrected chi connectivity index (χ3v) is 2.65. The number of rotatable bonds is 4. The van der Waals surface area contributed by atoms with Crippen molar-refractivity contribution < 1.29 is 4.39 Å². The molecule has 0 saturated carbocycles. The Morgan fingerprint density at radius 3 is 2.59 bits per heavy atom. The first-order valence-electron chi connectivity index (χ1n) is 5.86. The molecule has 3 heteroatoms. The van der Waals surface area contributed by atoms with Gasteiger partial charge in [0.1, 0.15) is 12.1 Å². The van der Waals surface area contributed by atoms with Crippen LogP contribution in [0.15, 0.2) is 36.7 Å². The van der Waals surface area contributed by atoms with Crippen molar-refractivity contribution >= 4 is 0 Å². The van der Waals surface area contributed by atoms with Gasteiger partial charge in [-0.2, -0.15) is 0 Å². The van der Waals surface area contributed by atoms with Crippen molar-refractivity contribution in [3.05, 3.63) is 48.2 Å². The second-order valence-corrected chi connectivity index (χ2v) is 4.01. The Kier molecular flexibility index (Phi) is 3.81. The Hall–Kier alpha value is -1.77. The number of unbranched alkanes of at least 4 members (excludes halogenated alkanes) is 1. The molecule has 0 radical (unpaired) electrons. The Morgan fingerprint density at radius 1 is 1.12 bits per heavy atom. The molecule has 0 N–H and O–H groups in total. The van der Waals surface area contributed by atoms with Gasteiger partial charge < -0.3 is 0 Å². The summed E-state index contributed by atoms with van der Waals surface area (Å²) in [5.41, 5.74) is 2.82. The van der Waals surface area contributed by atoms with Gasteiger partial charge in [-0.3, -0.25) is 0 Å². The van der Waals surface area contributed by atoms with Crippen molar-refractivity contribution in [1.29, 1.82) is 0 Å². The van der Waals surface area contributed by atoms with Gasteiger partial charge in [0.2, 0.25) is 0 Å². The molecule has 2 rings (SSSR count). The predicted octanol–water partition coefficient (Wildman–Crippen LogP) is 3.63. The molecule has 88 valence electrons. The molecule has 0 bridgehead atoms. The molecule has 0 saturated heterocycles. The molecule has 0 aliphatic carbocycles. The molecule has 0 unspecified atom stereocenters. The third-order valence-electron chi connectivity index (χ3n) is 2.65. The summed E-state index contributed by atoms with van der Waals surface area (Å²) in [4.78, 5) is 8.45. The molecule has 0 spiro atoms. The second-order valence-electron chi connectivity index (χ2n) is 4.01. The summed E-state index contributed by atoms with van der Waals surface area (Å²) in [5.74, 6) is -0.228. The Labute approximate surface area is 101 Å². The van der Waals surface area contributed by atoms with Crippen LogP contribution in [0.25, 0.3) is 11.3 Å². The van der Waals surface area contributed by atoms with E-state index in [1.165, 1.54) is 12.1 Å². The maximum Gasteiger partial charge on any atom is 0.123 e. The molecular weight excluding hydrogens is 215 g/mol. The molecular formula is C14H15FN2. The van der Waals surface area contributed by atoms with Gasteiger partial charge in [-0.15, -0.1) is 0 Å². The summed E-state index contributed by atoms with van der Waals surface area (Å²) in [5, 5.41) is 0. The minimum atomic E-state index is -0.228. The van der Waals surface area contributed by atoms with Crippen molar-refractivity contribution in [2.75, 3.05) is 0 Å². The van der Waals surface area contributed by atoms with E-state index < -0.39 is 0 Å². The lowest BCUT2D eigenvalue weighted by molar-refractivity contribution is 0.628. The minimum Gasteiger partial charge on any atom is -0.241 e. The maximum atomic E-state index is 12.8. The van der Waals surface area contributed by atoms with Crippen molar-refractivity contribution in [1.82, 2.24) is 9.97 Å². The normalized spacial score (nSPS) is 10.5. The fraction of sp³-hybridized carbons (Fsp3) is 0.286. The molecule has 17 heavy (non-hydrogen) atoms. The first-order valence-corrected chi connectivity index (χ1v) is 5.86. The fourth-order valence-electron chi connectivity index (χ4n) is 1.67. The van der Waals surface area contributed by atoms with E-state index in [0.29, 0.717) is 0 Å². The van der Waals surface area contributed by atoms with Gasteiger partial charge in [0.15, 0.2) is 0 Å². The number of nitrogens with zero attached hydrogens (tertiary/aromatic N) is 2. The Balaban J connectivity index is 2.23. The number of benzene rings is 1. The lowest BCUT2D eigenvalue weighted by Gasteiger charge is -2.03. The van der Waals surface area contributed by atoms with Crippen LogP contribution in [0.2, 0.25) is 0 Å². The zero-order valence-electron chi connectivity index (χ0n) is 9.86. The Bertz CT molecular complexity index is 480. The molecule has 2 aromatic rings. The summed E-state index contributed by atoms with van der Waals surface area (Å²) in [6, 6.07) is 8.34. The summed E-state index contributed by atoms with van der Waals surface area (Å²) in [6.45, 7) is 2.15. The van der Waals surface area contributed by atoms with Crippen LogP contribution in [-0.2, 0) is 6.42 Å². The Morgan fingerprint density at radius 2 is 1.88 bits per heavy atom. The quantitative estimate of drug-likeness (QED) is 0.801. The molecule has 0 fully saturated rings. The molecule has 1 aromatic carbocycles. The highest BCUT2D eigenvalue weighted by atomic mass is 19.1. The van der Waals surface area contributed by atoms with Crippen LogP contribution >= 0.6 is 0 Å². The van der Waals surface area contributed by atoms with Gasteiger partial charge >= 0.3 is 0 Å². The number of aryl methyl sites for hydroxylation is 1. The van der Waals surface area contributed by atoms with E-state index in [9.17, 15) is 4.39 Å². The lowest BCUT2D eigenvalue weighted by Crippen LogP contribution is -1.93.